The van der Waals surface area contributed by atoms with E-state index in [1.165, 1.54) is 6.92 Å². The Bertz CT molecular complexity index is 1140. The Balaban J connectivity index is 1.59. The third kappa shape index (κ3) is 3.73. The highest BCUT2D eigenvalue weighted by atomic mass is 79.9. The molecule has 138 valence electrons. The fraction of sp³-hybridized carbons (Fsp3) is 0.0455. The van der Waals surface area contributed by atoms with Crippen LogP contribution in [0.1, 0.15) is 28.6 Å². The van der Waals surface area contributed by atoms with Crippen LogP contribution in [0.25, 0.3) is 17.4 Å². The van der Waals surface area contributed by atoms with Crippen molar-refractivity contribution in [1.29, 1.82) is 0 Å². The summed E-state index contributed by atoms with van der Waals surface area (Å²) < 4.78 is 11.9. The first-order chi connectivity index (χ1) is 13.5. The molecule has 0 N–H and O–H groups in total. The molecule has 0 saturated carbocycles. The molecule has 0 radical (unpaired) electrons. The molecule has 0 atom stereocenters. The zero-order chi connectivity index (χ0) is 19.7. The first kappa shape index (κ1) is 18.1. The summed E-state index contributed by atoms with van der Waals surface area (Å²) in [5.74, 6) is 0.847. The molecule has 4 rings (SSSR count). The standard InChI is InChI=1S/C22H14BrNO4/c1-13(25)14-5-7-15(8-6-14)20-10-9-18(27-20)12-19-22(26)28-21(24-19)16-3-2-4-17(23)11-16/h2-12H,1H3. The molecule has 1 aliphatic rings. The second-order valence-corrected chi connectivity index (χ2v) is 7.10. The maximum Gasteiger partial charge on any atom is 0.363 e. The number of halogens is 1. The van der Waals surface area contributed by atoms with E-state index in [-0.39, 0.29) is 17.4 Å². The molecule has 28 heavy (non-hydrogen) atoms. The van der Waals surface area contributed by atoms with Crippen LogP contribution in [0.2, 0.25) is 0 Å². The van der Waals surface area contributed by atoms with Gasteiger partial charge in [-0.2, -0.15) is 0 Å². The number of hydrogen-bond acceptors (Lipinski definition) is 5. The number of benzene rings is 2. The van der Waals surface area contributed by atoms with Crippen LogP contribution in [0.3, 0.4) is 0 Å². The minimum Gasteiger partial charge on any atom is -0.457 e. The lowest BCUT2D eigenvalue weighted by Gasteiger charge is -1.99. The van der Waals surface area contributed by atoms with E-state index in [1.54, 1.807) is 30.3 Å². The first-order valence-electron chi connectivity index (χ1n) is 8.49. The van der Waals surface area contributed by atoms with Crippen molar-refractivity contribution >= 4 is 39.7 Å². The van der Waals surface area contributed by atoms with Gasteiger partial charge in [-0.1, -0.05) is 46.3 Å². The van der Waals surface area contributed by atoms with Crippen LogP contribution in [-0.2, 0) is 9.53 Å². The average Bonchev–Trinajstić information content (AvgIpc) is 3.29. The Labute approximate surface area is 169 Å². The number of nitrogens with zero attached hydrogens (tertiary/aromatic N) is 1. The Morgan fingerprint density at radius 1 is 1.04 bits per heavy atom. The number of ketones is 1. The fourth-order valence-corrected chi connectivity index (χ4v) is 3.14. The van der Waals surface area contributed by atoms with Gasteiger partial charge in [0.2, 0.25) is 5.90 Å². The summed E-state index contributed by atoms with van der Waals surface area (Å²) in [5, 5.41) is 0. The highest BCUT2D eigenvalue weighted by Crippen LogP contribution is 2.26. The molecule has 0 fully saturated rings. The third-order valence-corrected chi connectivity index (χ3v) is 4.67. The van der Waals surface area contributed by atoms with Gasteiger partial charge in [-0.05, 0) is 37.3 Å². The predicted molar refractivity (Wildman–Crippen MR) is 109 cm³/mol. The van der Waals surface area contributed by atoms with Crippen LogP contribution < -0.4 is 0 Å². The van der Waals surface area contributed by atoms with E-state index in [1.807, 2.05) is 36.4 Å². The summed E-state index contributed by atoms with van der Waals surface area (Å²) in [7, 11) is 0. The Hall–Kier alpha value is -3.25. The quantitative estimate of drug-likeness (QED) is 0.318. The summed E-state index contributed by atoms with van der Waals surface area (Å²) in [6, 6.07) is 18.1. The average molecular weight is 436 g/mol. The molecule has 2 aromatic carbocycles. The molecule has 1 aliphatic heterocycles. The van der Waals surface area contributed by atoms with Gasteiger partial charge in [0.05, 0.1) is 0 Å². The van der Waals surface area contributed by atoms with Gasteiger partial charge in [0.25, 0.3) is 0 Å². The topological polar surface area (TPSA) is 68.9 Å². The van der Waals surface area contributed by atoms with E-state index < -0.39 is 5.97 Å². The second-order valence-electron chi connectivity index (χ2n) is 6.18. The highest BCUT2D eigenvalue weighted by molar-refractivity contribution is 9.10. The van der Waals surface area contributed by atoms with Crippen molar-refractivity contribution in [1.82, 2.24) is 0 Å². The van der Waals surface area contributed by atoms with Crippen molar-refractivity contribution in [2.24, 2.45) is 4.99 Å². The Morgan fingerprint density at radius 2 is 1.82 bits per heavy atom. The SMILES string of the molecule is CC(=O)c1ccc(-c2ccc(C=C3N=C(c4cccc(Br)c4)OC3=O)o2)cc1. The number of cyclic esters (lactones) is 1. The Kier molecular flexibility index (Phi) is 4.79. The van der Waals surface area contributed by atoms with Crippen molar-refractivity contribution < 1.29 is 18.7 Å². The number of aliphatic imine (C=N–C) groups is 1. The van der Waals surface area contributed by atoms with Crippen molar-refractivity contribution in [3.05, 3.63) is 87.7 Å². The van der Waals surface area contributed by atoms with Gasteiger partial charge in [0.1, 0.15) is 11.5 Å². The lowest BCUT2D eigenvalue weighted by molar-refractivity contribution is -0.129. The fourth-order valence-electron chi connectivity index (χ4n) is 2.74. The molecule has 1 aromatic heterocycles. The van der Waals surface area contributed by atoms with Gasteiger partial charge < -0.3 is 9.15 Å². The molecule has 2 heterocycles. The molecule has 0 amide bonds. The monoisotopic (exact) mass is 435 g/mol. The van der Waals surface area contributed by atoms with Gasteiger partial charge in [0.15, 0.2) is 11.5 Å². The van der Waals surface area contributed by atoms with Crippen LogP contribution in [0.15, 0.2) is 80.2 Å². The van der Waals surface area contributed by atoms with Gasteiger partial charge in [-0.25, -0.2) is 9.79 Å². The number of furan rings is 1. The molecule has 5 nitrogen and oxygen atoms in total. The zero-order valence-corrected chi connectivity index (χ0v) is 16.4. The van der Waals surface area contributed by atoms with E-state index in [0.29, 0.717) is 22.6 Å². The number of ether oxygens (including phenoxy) is 1. The van der Waals surface area contributed by atoms with Crippen molar-refractivity contribution in [2.75, 3.05) is 0 Å². The molecule has 0 unspecified atom stereocenters. The molecule has 6 heteroatoms. The van der Waals surface area contributed by atoms with Crippen molar-refractivity contribution in [3.63, 3.8) is 0 Å². The molecule has 0 spiro atoms. The maximum absolute atomic E-state index is 12.1. The minimum atomic E-state index is -0.529. The van der Waals surface area contributed by atoms with Crippen molar-refractivity contribution in [2.45, 2.75) is 6.92 Å². The smallest absolute Gasteiger partial charge is 0.363 e. The van der Waals surface area contributed by atoms with Gasteiger partial charge in [-0.15, -0.1) is 0 Å². The number of hydrogen-bond donors (Lipinski definition) is 0. The third-order valence-electron chi connectivity index (χ3n) is 4.17. The number of carbonyl (C=O) groups is 2. The van der Waals surface area contributed by atoms with E-state index in [0.717, 1.165) is 10.0 Å². The molecule has 0 saturated heterocycles. The number of Topliss-reactive ketones (excluding diaryl/α,β-unsaturated/α-hetero) is 1. The van der Waals surface area contributed by atoms with Gasteiger partial charge in [-0.3, -0.25) is 4.79 Å². The zero-order valence-electron chi connectivity index (χ0n) is 14.8. The molecular weight excluding hydrogens is 422 g/mol. The van der Waals surface area contributed by atoms with Gasteiger partial charge in [0, 0.05) is 27.2 Å². The number of esters is 1. The number of carbonyl (C=O) groups excluding carboxylic acids is 2. The Morgan fingerprint density at radius 3 is 2.54 bits per heavy atom. The lowest BCUT2D eigenvalue weighted by atomic mass is 10.1. The van der Waals surface area contributed by atoms with E-state index >= 15 is 0 Å². The molecule has 0 bridgehead atoms. The van der Waals surface area contributed by atoms with Crippen LogP contribution in [-0.4, -0.2) is 17.7 Å². The summed E-state index contributed by atoms with van der Waals surface area (Å²) in [6.45, 7) is 1.52. The molecule has 3 aromatic rings. The maximum atomic E-state index is 12.1. The van der Waals surface area contributed by atoms with Crippen LogP contribution >= 0.6 is 15.9 Å². The van der Waals surface area contributed by atoms with E-state index in [4.69, 9.17) is 9.15 Å². The van der Waals surface area contributed by atoms with Crippen LogP contribution in [0.4, 0.5) is 0 Å². The lowest BCUT2D eigenvalue weighted by Crippen LogP contribution is -2.05. The summed E-state index contributed by atoms with van der Waals surface area (Å²) in [6.07, 6.45) is 1.54. The highest BCUT2D eigenvalue weighted by Gasteiger charge is 2.24. The normalized spacial score (nSPS) is 14.9. The van der Waals surface area contributed by atoms with Gasteiger partial charge >= 0.3 is 5.97 Å². The first-order valence-corrected chi connectivity index (χ1v) is 9.28. The molecular formula is C22H14BrNO4. The molecule has 0 aliphatic carbocycles. The summed E-state index contributed by atoms with van der Waals surface area (Å²) >= 11 is 3.39. The van der Waals surface area contributed by atoms with E-state index in [2.05, 4.69) is 20.9 Å². The second kappa shape index (κ2) is 7.40. The predicted octanol–water partition coefficient (Wildman–Crippen LogP) is 5.26. The van der Waals surface area contributed by atoms with Crippen LogP contribution in [0, 0.1) is 0 Å². The van der Waals surface area contributed by atoms with Crippen LogP contribution in [0.5, 0.6) is 0 Å². The van der Waals surface area contributed by atoms with Crippen molar-refractivity contribution in [3.8, 4) is 11.3 Å². The summed E-state index contributed by atoms with van der Waals surface area (Å²) in [5.41, 5.74) is 2.35. The largest absolute Gasteiger partial charge is 0.457 e. The minimum absolute atomic E-state index is 0.00951. The van der Waals surface area contributed by atoms with E-state index in [9.17, 15) is 9.59 Å². The number of rotatable bonds is 4. The summed E-state index contributed by atoms with van der Waals surface area (Å²) in [4.78, 5) is 27.8.